The molecule has 1 atom stereocenters. The first kappa shape index (κ1) is 7.94. The van der Waals surface area contributed by atoms with Crippen LogP contribution < -0.4 is 0 Å². The van der Waals surface area contributed by atoms with E-state index in [4.69, 9.17) is 4.74 Å². The Morgan fingerprint density at radius 2 is 2.73 bits per heavy atom. The van der Waals surface area contributed by atoms with Crippen molar-refractivity contribution in [2.24, 2.45) is 0 Å². The number of aromatic amines is 1. The zero-order chi connectivity index (χ0) is 8.10. The van der Waals surface area contributed by atoms with Crippen molar-refractivity contribution in [1.82, 2.24) is 9.97 Å². The standard InChI is InChI=1S/C7H9N2O2/c1-11-7(4-10)2-6-3-8-5-9-6/h3,5,7H,2H2,1H3,(H,8,9). The van der Waals surface area contributed by atoms with Crippen molar-refractivity contribution in [2.45, 2.75) is 12.5 Å². The molecule has 11 heavy (non-hydrogen) atoms. The van der Waals surface area contributed by atoms with E-state index in [1.807, 2.05) is 0 Å². The third kappa shape index (κ3) is 2.16. The molecule has 1 radical (unpaired) electrons. The van der Waals surface area contributed by atoms with Crippen molar-refractivity contribution in [2.75, 3.05) is 7.11 Å². The van der Waals surface area contributed by atoms with Crippen molar-refractivity contribution < 1.29 is 9.53 Å². The molecule has 0 bridgehead atoms. The fourth-order valence-corrected chi connectivity index (χ4v) is 0.766. The van der Waals surface area contributed by atoms with Gasteiger partial charge in [-0.3, -0.25) is 4.79 Å². The number of H-pyrrole nitrogens is 1. The Morgan fingerprint density at radius 1 is 1.91 bits per heavy atom. The van der Waals surface area contributed by atoms with E-state index in [2.05, 4.69) is 9.97 Å². The summed E-state index contributed by atoms with van der Waals surface area (Å²) in [5.41, 5.74) is 0.806. The molecule has 1 rings (SSSR count). The van der Waals surface area contributed by atoms with E-state index in [0.29, 0.717) is 6.42 Å². The van der Waals surface area contributed by atoms with Crippen LogP contribution in [-0.4, -0.2) is 29.5 Å². The van der Waals surface area contributed by atoms with Crippen molar-refractivity contribution in [3.63, 3.8) is 0 Å². The van der Waals surface area contributed by atoms with E-state index in [0.717, 1.165) is 5.69 Å². The van der Waals surface area contributed by atoms with Crippen LogP contribution in [0.5, 0.6) is 0 Å². The molecular weight excluding hydrogens is 144 g/mol. The predicted octanol–water partition coefficient (Wildman–Crippen LogP) is 0.0769. The first-order valence-electron chi connectivity index (χ1n) is 3.25. The SMILES string of the molecule is COC([C]=O)Cc1c[nH]cn1. The minimum absolute atomic E-state index is 0.476. The van der Waals surface area contributed by atoms with Crippen LogP contribution in [0, 0.1) is 0 Å². The number of rotatable bonds is 4. The van der Waals surface area contributed by atoms with Gasteiger partial charge in [0.2, 0.25) is 6.29 Å². The number of imidazole rings is 1. The van der Waals surface area contributed by atoms with Gasteiger partial charge in [0.1, 0.15) is 6.10 Å². The third-order valence-corrected chi connectivity index (χ3v) is 1.37. The molecule has 59 valence electrons. The summed E-state index contributed by atoms with van der Waals surface area (Å²) in [5, 5.41) is 0. The van der Waals surface area contributed by atoms with Gasteiger partial charge < -0.3 is 9.72 Å². The van der Waals surface area contributed by atoms with Crippen molar-refractivity contribution >= 4 is 6.29 Å². The van der Waals surface area contributed by atoms with Gasteiger partial charge in [-0.25, -0.2) is 4.98 Å². The third-order valence-electron chi connectivity index (χ3n) is 1.37. The molecule has 0 aliphatic rings. The molecule has 0 saturated heterocycles. The Labute approximate surface area is 64.6 Å². The summed E-state index contributed by atoms with van der Waals surface area (Å²) in [5.74, 6) is 0. The fraction of sp³-hybridized carbons (Fsp3) is 0.429. The van der Waals surface area contributed by atoms with E-state index in [1.165, 1.54) is 7.11 Å². The van der Waals surface area contributed by atoms with Gasteiger partial charge in [0, 0.05) is 19.7 Å². The largest absolute Gasteiger partial charge is 0.373 e. The number of methoxy groups -OCH3 is 1. The maximum absolute atomic E-state index is 10.2. The Kier molecular flexibility index (Phi) is 2.80. The highest BCUT2D eigenvalue weighted by molar-refractivity contribution is 5.57. The zero-order valence-corrected chi connectivity index (χ0v) is 6.20. The monoisotopic (exact) mass is 153 g/mol. The Hall–Kier alpha value is -1.16. The summed E-state index contributed by atoms with van der Waals surface area (Å²) >= 11 is 0. The lowest BCUT2D eigenvalue weighted by Crippen LogP contribution is -2.15. The van der Waals surface area contributed by atoms with Crippen LogP contribution in [0.2, 0.25) is 0 Å². The molecule has 0 spiro atoms. The normalized spacial score (nSPS) is 12.8. The van der Waals surface area contributed by atoms with Gasteiger partial charge in [0.15, 0.2) is 0 Å². The topological polar surface area (TPSA) is 55.0 Å². The lowest BCUT2D eigenvalue weighted by atomic mass is 10.2. The lowest BCUT2D eigenvalue weighted by molar-refractivity contribution is 0.152. The van der Waals surface area contributed by atoms with Gasteiger partial charge in [-0.1, -0.05) is 0 Å². The zero-order valence-electron chi connectivity index (χ0n) is 6.20. The van der Waals surface area contributed by atoms with Crippen LogP contribution >= 0.6 is 0 Å². The molecule has 0 fully saturated rings. The van der Waals surface area contributed by atoms with Gasteiger partial charge >= 0.3 is 0 Å². The Morgan fingerprint density at radius 3 is 3.18 bits per heavy atom. The smallest absolute Gasteiger partial charge is 0.230 e. The molecule has 0 aliphatic heterocycles. The second-order valence-corrected chi connectivity index (χ2v) is 2.11. The molecule has 4 nitrogen and oxygen atoms in total. The van der Waals surface area contributed by atoms with Crippen LogP contribution in [0.1, 0.15) is 5.69 Å². The predicted molar refractivity (Wildman–Crippen MR) is 38.8 cm³/mol. The number of carbonyl (C=O) groups excluding carboxylic acids is 1. The van der Waals surface area contributed by atoms with E-state index in [-0.39, 0.29) is 0 Å². The number of ether oxygens (including phenoxy) is 1. The molecule has 1 unspecified atom stereocenters. The second-order valence-electron chi connectivity index (χ2n) is 2.11. The number of nitrogens with zero attached hydrogens (tertiary/aromatic N) is 1. The minimum Gasteiger partial charge on any atom is -0.373 e. The second kappa shape index (κ2) is 3.88. The maximum Gasteiger partial charge on any atom is 0.230 e. The Bertz CT molecular complexity index is 208. The Balaban J connectivity index is 2.47. The van der Waals surface area contributed by atoms with Crippen molar-refractivity contribution in [1.29, 1.82) is 0 Å². The molecule has 0 amide bonds. The molecule has 4 heteroatoms. The average Bonchev–Trinajstić information content (AvgIpc) is 2.52. The summed E-state index contributed by atoms with van der Waals surface area (Å²) in [6, 6.07) is 0. The molecule has 1 heterocycles. The number of hydrogen-bond donors (Lipinski definition) is 1. The van der Waals surface area contributed by atoms with E-state index >= 15 is 0 Å². The fourth-order valence-electron chi connectivity index (χ4n) is 0.766. The average molecular weight is 153 g/mol. The molecule has 1 aromatic rings. The van der Waals surface area contributed by atoms with Crippen LogP contribution in [-0.2, 0) is 16.0 Å². The van der Waals surface area contributed by atoms with Crippen molar-refractivity contribution in [3.05, 3.63) is 18.2 Å². The molecular formula is C7H9N2O2. The highest BCUT2D eigenvalue weighted by Gasteiger charge is 2.08. The highest BCUT2D eigenvalue weighted by atomic mass is 16.5. The number of aromatic nitrogens is 2. The van der Waals surface area contributed by atoms with Gasteiger partial charge in [-0.15, -0.1) is 0 Å². The molecule has 0 aliphatic carbocycles. The summed E-state index contributed by atoms with van der Waals surface area (Å²) < 4.78 is 4.80. The molecule has 1 aromatic heterocycles. The summed E-state index contributed by atoms with van der Waals surface area (Å²) in [4.78, 5) is 16.9. The minimum atomic E-state index is -0.502. The van der Waals surface area contributed by atoms with Gasteiger partial charge in [0.25, 0.3) is 0 Å². The van der Waals surface area contributed by atoms with Crippen molar-refractivity contribution in [3.8, 4) is 0 Å². The summed E-state index contributed by atoms with van der Waals surface area (Å²) in [7, 11) is 1.47. The summed E-state index contributed by atoms with van der Waals surface area (Å²) in [6.45, 7) is 0. The van der Waals surface area contributed by atoms with Crippen LogP contribution in [0.4, 0.5) is 0 Å². The van der Waals surface area contributed by atoms with E-state index in [1.54, 1.807) is 18.8 Å². The molecule has 0 saturated carbocycles. The molecule has 0 aromatic carbocycles. The summed E-state index contributed by atoms with van der Waals surface area (Å²) in [6.07, 6.45) is 5.03. The van der Waals surface area contributed by atoms with Crippen LogP contribution in [0.25, 0.3) is 0 Å². The number of hydrogen-bond acceptors (Lipinski definition) is 3. The van der Waals surface area contributed by atoms with E-state index in [9.17, 15) is 4.79 Å². The maximum atomic E-state index is 10.2. The highest BCUT2D eigenvalue weighted by Crippen LogP contribution is 1.98. The first-order chi connectivity index (χ1) is 5.36. The van der Waals surface area contributed by atoms with Gasteiger partial charge in [-0.2, -0.15) is 0 Å². The first-order valence-corrected chi connectivity index (χ1v) is 3.25. The lowest BCUT2D eigenvalue weighted by Gasteiger charge is -2.02. The molecule has 1 N–H and O–H groups in total. The van der Waals surface area contributed by atoms with E-state index < -0.39 is 6.10 Å². The van der Waals surface area contributed by atoms with Crippen LogP contribution in [0.15, 0.2) is 12.5 Å². The van der Waals surface area contributed by atoms with Gasteiger partial charge in [0.05, 0.1) is 12.0 Å². The number of nitrogens with one attached hydrogen (secondary N) is 1. The van der Waals surface area contributed by atoms with Gasteiger partial charge in [-0.05, 0) is 0 Å². The van der Waals surface area contributed by atoms with Crippen LogP contribution in [0.3, 0.4) is 0 Å². The quantitative estimate of drug-likeness (QED) is 0.666.